The van der Waals surface area contributed by atoms with Gasteiger partial charge in [0.25, 0.3) is 0 Å². The van der Waals surface area contributed by atoms with Crippen molar-refractivity contribution in [1.82, 2.24) is 4.98 Å². The number of aromatic nitrogens is 1. The van der Waals surface area contributed by atoms with Crippen molar-refractivity contribution in [2.75, 3.05) is 24.2 Å². The molecular formula is C14H21N3OS. The van der Waals surface area contributed by atoms with E-state index >= 15 is 0 Å². The second-order valence-corrected chi connectivity index (χ2v) is 6.04. The van der Waals surface area contributed by atoms with Crippen molar-refractivity contribution in [2.24, 2.45) is 5.92 Å². The third-order valence-electron chi connectivity index (χ3n) is 3.36. The van der Waals surface area contributed by atoms with E-state index in [1.54, 1.807) is 11.3 Å². The summed E-state index contributed by atoms with van der Waals surface area (Å²) in [6, 6.07) is 4.00. The third-order valence-corrected chi connectivity index (χ3v) is 4.30. The van der Waals surface area contributed by atoms with Crippen molar-refractivity contribution in [1.29, 1.82) is 0 Å². The van der Waals surface area contributed by atoms with Crippen LogP contribution in [0.4, 0.5) is 11.4 Å². The van der Waals surface area contributed by atoms with E-state index in [4.69, 9.17) is 10.8 Å². The standard InChI is InChI=1S/C14H21N3OS/c1-3-10(4-5-18)8-16-12-7-13-14(6-11(12)15)19-9(2)17-13/h6-7,10,16,18H,3-5,8,15H2,1-2H3. The quantitative estimate of drug-likeness (QED) is 0.711. The molecule has 104 valence electrons. The number of aliphatic hydroxyl groups is 1. The average Bonchev–Trinajstić information content (AvgIpc) is 2.73. The van der Waals surface area contributed by atoms with Gasteiger partial charge >= 0.3 is 0 Å². The average molecular weight is 279 g/mol. The van der Waals surface area contributed by atoms with E-state index in [0.29, 0.717) is 5.92 Å². The first-order valence-corrected chi connectivity index (χ1v) is 7.47. The molecule has 0 fully saturated rings. The highest BCUT2D eigenvalue weighted by Gasteiger charge is 2.09. The largest absolute Gasteiger partial charge is 0.397 e. The van der Waals surface area contributed by atoms with Crippen LogP contribution in [0, 0.1) is 12.8 Å². The third kappa shape index (κ3) is 3.36. The molecule has 0 radical (unpaired) electrons. The Kier molecular flexibility index (Phi) is 4.61. The van der Waals surface area contributed by atoms with Gasteiger partial charge in [0.05, 0.1) is 26.6 Å². The number of fused-ring (bicyclic) bond motifs is 1. The summed E-state index contributed by atoms with van der Waals surface area (Å²) < 4.78 is 1.13. The predicted octanol–water partition coefficient (Wildman–Crippen LogP) is 3.01. The van der Waals surface area contributed by atoms with Gasteiger partial charge in [-0.1, -0.05) is 13.3 Å². The van der Waals surface area contributed by atoms with Crippen LogP contribution in [0.25, 0.3) is 10.2 Å². The van der Waals surface area contributed by atoms with E-state index in [9.17, 15) is 0 Å². The number of hydrogen-bond acceptors (Lipinski definition) is 5. The van der Waals surface area contributed by atoms with Crippen LogP contribution >= 0.6 is 11.3 Å². The van der Waals surface area contributed by atoms with Crippen LogP contribution in [0.15, 0.2) is 12.1 Å². The van der Waals surface area contributed by atoms with Crippen LogP contribution in [-0.2, 0) is 0 Å². The molecule has 0 amide bonds. The van der Waals surface area contributed by atoms with Gasteiger partial charge < -0.3 is 16.2 Å². The van der Waals surface area contributed by atoms with E-state index in [1.807, 2.05) is 19.1 Å². The summed E-state index contributed by atoms with van der Waals surface area (Å²) in [4.78, 5) is 4.48. The topological polar surface area (TPSA) is 71.2 Å². The van der Waals surface area contributed by atoms with Gasteiger partial charge in [-0.2, -0.15) is 0 Å². The molecule has 0 aliphatic heterocycles. The van der Waals surface area contributed by atoms with E-state index in [-0.39, 0.29) is 6.61 Å². The molecule has 4 nitrogen and oxygen atoms in total. The van der Waals surface area contributed by atoms with E-state index in [1.165, 1.54) is 0 Å². The van der Waals surface area contributed by atoms with Crippen LogP contribution in [0.2, 0.25) is 0 Å². The molecule has 1 aromatic carbocycles. The number of rotatable bonds is 6. The first kappa shape index (κ1) is 14.1. The number of anilines is 2. The Morgan fingerprint density at radius 3 is 2.95 bits per heavy atom. The van der Waals surface area contributed by atoms with Gasteiger partial charge in [-0.15, -0.1) is 11.3 Å². The van der Waals surface area contributed by atoms with Crippen molar-refractivity contribution in [2.45, 2.75) is 26.7 Å². The number of hydrogen-bond donors (Lipinski definition) is 3. The lowest BCUT2D eigenvalue weighted by atomic mass is 10.0. The molecule has 4 N–H and O–H groups in total. The molecule has 2 rings (SSSR count). The molecular weight excluding hydrogens is 258 g/mol. The maximum atomic E-state index is 9.00. The maximum absolute atomic E-state index is 9.00. The van der Waals surface area contributed by atoms with Crippen molar-refractivity contribution in [3.8, 4) is 0 Å². The Balaban J connectivity index is 2.13. The van der Waals surface area contributed by atoms with Crippen LogP contribution < -0.4 is 11.1 Å². The minimum atomic E-state index is 0.236. The van der Waals surface area contributed by atoms with Crippen LogP contribution in [0.3, 0.4) is 0 Å². The van der Waals surface area contributed by atoms with Gasteiger partial charge in [-0.05, 0) is 31.4 Å². The van der Waals surface area contributed by atoms with Gasteiger partial charge in [0.15, 0.2) is 0 Å². The minimum absolute atomic E-state index is 0.236. The number of nitrogen functional groups attached to an aromatic ring is 1. The van der Waals surface area contributed by atoms with Crippen molar-refractivity contribution >= 4 is 32.9 Å². The van der Waals surface area contributed by atoms with E-state index < -0.39 is 0 Å². The SMILES string of the molecule is CCC(CCO)CNc1cc2nc(C)sc2cc1N. The summed E-state index contributed by atoms with van der Waals surface area (Å²) >= 11 is 1.66. The molecule has 0 aliphatic carbocycles. The number of nitrogens with zero attached hydrogens (tertiary/aromatic N) is 1. The van der Waals surface area contributed by atoms with Crippen molar-refractivity contribution in [3.05, 3.63) is 17.1 Å². The molecule has 0 saturated heterocycles. The van der Waals surface area contributed by atoms with Crippen LogP contribution in [-0.4, -0.2) is 23.2 Å². The summed E-state index contributed by atoms with van der Waals surface area (Å²) in [5, 5.41) is 13.4. The van der Waals surface area contributed by atoms with E-state index in [0.717, 1.165) is 46.0 Å². The van der Waals surface area contributed by atoms with Gasteiger partial charge in [0, 0.05) is 13.2 Å². The molecule has 5 heteroatoms. The maximum Gasteiger partial charge on any atom is 0.0907 e. The number of nitrogens with one attached hydrogen (secondary N) is 1. The fourth-order valence-corrected chi connectivity index (χ4v) is 3.00. The normalized spacial score (nSPS) is 12.8. The summed E-state index contributed by atoms with van der Waals surface area (Å²) in [6.45, 7) is 5.20. The lowest BCUT2D eigenvalue weighted by Crippen LogP contribution is -2.15. The molecule has 0 spiro atoms. The zero-order valence-electron chi connectivity index (χ0n) is 11.4. The van der Waals surface area contributed by atoms with Crippen molar-refractivity contribution < 1.29 is 5.11 Å². The monoisotopic (exact) mass is 279 g/mol. The molecule has 19 heavy (non-hydrogen) atoms. The van der Waals surface area contributed by atoms with Crippen LogP contribution in [0.5, 0.6) is 0 Å². The second-order valence-electron chi connectivity index (χ2n) is 4.81. The Hall–Kier alpha value is -1.33. The highest BCUT2D eigenvalue weighted by Crippen LogP contribution is 2.30. The first-order chi connectivity index (χ1) is 9.13. The lowest BCUT2D eigenvalue weighted by molar-refractivity contribution is 0.258. The molecule has 2 aromatic rings. The zero-order chi connectivity index (χ0) is 13.8. The highest BCUT2D eigenvalue weighted by atomic mass is 32.1. The summed E-state index contributed by atoms with van der Waals surface area (Å²) in [7, 11) is 0. The Bertz CT molecular complexity index is 553. The molecule has 1 heterocycles. The Morgan fingerprint density at radius 2 is 2.26 bits per heavy atom. The number of aryl methyl sites for hydroxylation is 1. The number of benzene rings is 1. The summed E-state index contributed by atoms with van der Waals surface area (Å²) in [5.74, 6) is 0.470. The molecule has 0 saturated carbocycles. The fourth-order valence-electron chi connectivity index (χ4n) is 2.15. The Labute approximate surface area is 117 Å². The van der Waals surface area contributed by atoms with E-state index in [2.05, 4.69) is 17.2 Å². The fraction of sp³-hybridized carbons (Fsp3) is 0.500. The zero-order valence-corrected chi connectivity index (χ0v) is 12.3. The minimum Gasteiger partial charge on any atom is -0.397 e. The van der Waals surface area contributed by atoms with Crippen molar-refractivity contribution in [3.63, 3.8) is 0 Å². The lowest BCUT2D eigenvalue weighted by Gasteiger charge is -2.16. The van der Waals surface area contributed by atoms with Crippen LogP contribution in [0.1, 0.15) is 24.8 Å². The molecule has 0 aliphatic rings. The summed E-state index contributed by atoms with van der Waals surface area (Å²) in [5.41, 5.74) is 8.76. The number of nitrogens with two attached hydrogens (primary N) is 1. The molecule has 0 bridgehead atoms. The molecule has 1 unspecified atom stereocenters. The summed E-state index contributed by atoms with van der Waals surface area (Å²) in [6.07, 6.45) is 1.87. The number of aliphatic hydroxyl groups excluding tert-OH is 1. The molecule has 1 aromatic heterocycles. The molecule has 1 atom stereocenters. The predicted molar refractivity (Wildman–Crippen MR) is 82.7 cm³/mol. The smallest absolute Gasteiger partial charge is 0.0907 e. The van der Waals surface area contributed by atoms with Gasteiger partial charge in [-0.25, -0.2) is 4.98 Å². The number of thiazole rings is 1. The first-order valence-electron chi connectivity index (χ1n) is 6.65. The van der Waals surface area contributed by atoms with Gasteiger partial charge in [0.2, 0.25) is 0 Å². The Morgan fingerprint density at radius 1 is 1.47 bits per heavy atom. The van der Waals surface area contributed by atoms with Gasteiger partial charge in [0.1, 0.15) is 0 Å². The van der Waals surface area contributed by atoms with Gasteiger partial charge in [-0.3, -0.25) is 0 Å². The second kappa shape index (κ2) is 6.21. The highest BCUT2D eigenvalue weighted by molar-refractivity contribution is 7.18.